The Morgan fingerprint density at radius 3 is 2.59 bits per heavy atom. The maximum absolute atomic E-state index is 11.3. The molecule has 0 spiro atoms. The Morgan fingerprint density at radius 2 is 2.12 bits per heavy atom. The first kappa shape index (κ1) is 11.9. The van der Waals surface area contributed by atoms with E-state index in [1.807, 2.05) is 32.9 Å². The fourth-order valence-corrected chi connectivity index (χ4v) is 1.93. The van der Waals surface area contributed by atoms with Crippen LogP contribution in [0.25, 0.3) is 0 Å². The van der Waals surface area contributed by atoms with Crippen LogP contribution in [0.2, 0.25) is 0 Å². The molecular weight excluding hydrogens is 218 g/mol. The Morgan fingerprint density at radius 1 is 1.47 bits per heavy atom. The second-order valence-corrected chi connectivity index (χ2v) is 4.86. The first-order valence-electron chi connectivity index (χ1n) is 5.84. The summed E-state index contributed by atoms with van der Waals surface area (Å²) in [6.45, 7) is 5.69. The van der Waals surface area contributed by atoms with Crippen LogP contribution in [-0.2, 0) is 10.2 Å². The lowest BCUT2D eigenvalue weighted by molar-refractivity contribution is -0.140. The predicted octanol–water partition coefficient (Wildman–Crippen LogP) is 2.29. The summed E-state index contributed by atoms with van der Waals surface area (Å²) in [5, 5.41) is 9.30. The van der Waals surface area contributed by atoms with E-state index in [0.29, 0.717) is 24.3 Å². The van der Waals surface area contributed by atoms with Gasteiger partial charge in [-0.1, -0.05) is 6.07 Å². The van der Waals surface area contributed by atoms with Gasteiger partial charge in [-0.05, 0) is 39.7 Å². The molecule has 0 bridgehead atoms. The van der Waals surface area contributed by atoms with E-state index in [0.717, 1.165) is 5.69 Å². The number of hydrogen-bond acceptors (Lipinski definition) is 3. The average Bonchev–Trinajstić information content (AvgIpc) is 2.97. The fraction of sp³-hybridized carbons (Fsp3) is 0.538. The van der Waals surface area contributed by atoms with Crippen LogP contribution in [-0.4, -0.2) is 22.2 Å². The van der Waals surface area contributed by atoms with Crippen LogP contribution in [0.1, 0.15) is 37.9 Å². The summed E-state index contributed by atoms with van der Waals surface area (Å²) >= 11 is 0. The molecule has 1 aromatic rings. The molecule has 17 heavy (non-hydrogen) atoms. The predicted molar refractivity (Wildman–Crippen MR) is 63.3 cm³/mol. The zero-order valence-electron chi connectivity index (χ0n) is 10.4. The molecule has 1 saturated carbocycles. The zero-order valence-corrected chi connectivity index (χ0v) is 10.4. The summed E-state index contributed by atoms with van der Waals surface area (Å²) < 4.78 is 5.63. The van der Waals surface area contributed by atoms with Crippen molar-refractivity contribution in [2.75, 3.05) is 0 Å². The zero-order chi connectivity index (χ0) is 12.6. The fourth-order valence-electron chi connectivity index (χ4n) is 1.93. The van der Waals surface area contributed by atoms with E-state index in [1.54, 1.807) is 0 Å². The van der Waals surface area contributed by atoms with Crippen LogP contribution in [0.4, 0.5) is 0 Å². The van der Waals surface area contributed by atoms with Gasteiger partial charge < -0.3 is 9.84 Å². The number of aryl methyl sites for hydroxylation is 1. The van der Waals surface area contributed by atoms with Crippen molar-refractivity contribution in [3.05, 3.63) is 23.4 Å². The maximum atomic E-state index is 11.3. The van der Waals surface area contributed by atoms with E-state index in [1.165, 1.54) is 0 Å². The molecule has 92 valence electrons. The van der Waals surface area contributed by atoms with Crippen molar-refractivity contribution in [3.8, 4) is 5.88 Å². The largest absolute Gasteiger partial charge is 0.481 e. The van der Waals surface area contributed by atoms with Gasteiger partial charge in [0.05, 0.1) is 11.5 Å². The van der Waals surface area contributed by atoms with Gasteiger partial charge in [-0.2, -0.15) is 0 Å². The molecule has 0 aromatic carbocycles. The van der Waals surface area contributed by atoms with Gasteiger partial charge in [0.15, 0.2) is 0 Å². The number of hydrogen-bond donors (Lipinski definition) is 1. The van der Waals surface area contributed by atoms with Gasteiger partial charge in [0, 0.05) is 11.3 Å². The number of aromatic nitrogens is 1. The number of pyridine rings is 1. The monoisotopic (exact) mass is 235 g/mol. The van der Waals surface area contributed by atoms with Crippen molar-refractivity contribution in [3.63, 3.8) is 0 Å². The Hall–Kier alpha value is -1.58. The second-order valence-electron chi connectivity index (χ2n) is 4.86. The molecule has 0 saturated heterocycles. The molecule has 0 amide bonds. The van der Waals surface area contributed by atoms with Crippen molar-refractivity contribution in [2.24, 2.45) is 0 Å². The molecule has 1 aromatic heterocycles. The molecule has 1 fully saturated rings. The van der Waals surface area contributed by atoms with Crippen molar-refractivity contribution < 1.29 is 14.6 Å². The summed E-state index contributed by atoms with van der Waals surface area (Å²) in [5.74, 6) is -0.309. The van der Waals surface area contributed by atoms with E-state index in [2.05, 4.69) is 4.98 Å². The van der Waals surface area contributed by atoms with Crippen LogP contribution < -0.4 is 4.74 Å². The highest BCUT2D eigenvalue weighted by molar-refractivity contribution is 5.85. The highest BCUT2D eigenvalue weighted by atomic mass is 16.5. The summed E-state index contributed by atoms with van der Waals surface area (Å²) in [5.41, 5.74) is 0.792. The van der Waals surface area contributed by atoms with E-state index >= 15 is 0 Å². The number of rotatable bonds is 4. The van der Waals surface area contributed by atoms with Crippen LogP contribution in [0, 0.1) is 6.92 Å². The number of carboxylic acid groups (broad SMARTS) is 1. The third-order valence-electron chi connectivity index (χ3n) is 3.02. The number of carboxylic acids is 1. The van der Waals surface area contributed by atoms with E-state index in [-0.39, 0.29) is 6.10 Å². The van der Waals surface area contributed by atoms with Gasteiger partial charge >= 0.3 is 5.97 Å². The molecule has 2 rings (SSSR count). The van der Waals surface area contributed by atoms with Gasteiger partial charge in [0.2, 0.25) is 5.88 Å². The molecule has 0 unspecified atom stereocenters. The van der Waals surface area contributed by atoms with E-state index < -0.39 is 11.4 Å². The van der Waals surface area contributed by atoms with Crippen molar-refractivity contribution >= 4 is 5.97 Å². The molecule has 0 atom stereocenters. The first-order chi connectivity index (χ1) is 7.95. The molecular formula is C13H17NO3. The third kappa shape index (κ3) is 2.12. The summed E-state index contributed by atoms with van der Waals surface area (Å²) in [4.78, 5) is 15.6. The summed E-state index contributed by atoms with van der Waals surface area (Å²) in [6, 6.07) is 3.67. The van der Waals surface area contributed by atoms with E-state index in [4.69, 9.17) is 4.74 Å². The number of nitrogens with zero attached hydrogens (tertiary/aromatic N) is 1. The Kier molecular flexibility index (Phi) is 2.81. The maximum Gasteiger partial charge on any atom is 0.314 e. The normalized spacial score (nSPS) is 16.9. The van der Waals surface area contributed by atoms with Gasteiger partial charge in [-0.25, -0.2) is 4.98 Å². The van der Waals surface area contributed by atoms with Crippen LogP contribution in [0.5, 0.6) is 5.88 Å². The quantitative estimate of drug-likeness (QED) is 0.869. The topological polar surface area (TPSA) is 59.4 Å². The minimum Gasteiger partial charge on any atom is -0.481 e. The number of carbonyl (C=O) groups is 1. The number of ether oxygens (including phenoxy) is 1. The van der Waals surface area contributed by atoms with Crippen molar-refractivity contribution in [1.29, 1.82) is 0 Å². The van der Waals surface area contributed by atoms with Gasteiger partial charge in [0.25, 0.3) is 0 Å². The van der Waals surface area contributed by atoms with Gasteiger partial charge in [-0.3, -0.25) is 4.79 Å². The minimum atomic E-state index is -0.781. The molecule has 4 heteroatoms. The highest BCUT2D eigenvalue weighted by Gasteiger charge is 2.53. The molecule has 1 N–H and O–H groups in total. The summed E-state index contributed by atoms with van der Waals surface area (Å²) in [7, 11) is 0. The number of aliphatic carboxylic acids is 1. The Labute approximate surface area is 101 Å². The standard InChI is InChI=1S/C13H17NO3/c1-8(2)17-11-10(5-4-9(3)14-11)13(6-7-13)12(15)16/h4-5,8H,6-7H2,1-3H3,(H,15,16). The van der Waals surface area contributed by atoms with E-state index in [9.17, 15) is 9.90 Å². The molecule has 4 nitrogen and oxygen atoms in total. The highest BCUT2D eigenvalue weighted by Crippen LogP contribution is 2.51. The lowest BCUT2D eigenvalue weighted by Crippen LogP contribution is -2.22. The lowest BCUT2D eigenvalue weighted by Gasteiger charge is -2.17. The Bertz CT molecular complexity index is 450. The first-order valence-corrected chi connectivity index (χ1v) is 5.84. The smallest absolute Gasteiger partial charge is 0.314 e. The molecule has 1 aliphatic rings. The Balaban J connectivity index is 2.43. The molecule has 1 heterocycles. The van der Waals surface area contributed by atoms with Crippen LogP contribution in [0.15, 0.2) is 12.1 Å². The minimum absolute atomic E-state index is 0.00681. The second kappa shape index (κ2) is 4.02. The van der Waals surface area contributed by atoms with Crippen LogP contribution >= 0.6 is 0 Å². The molecule has 0 radical (unpaired) electrons. The lowest BCUT2D eigenvalue weighted by atomic mass is 9.97. The third-order valence-corrected chi connectivity index (χ3v) is 3.02. The van der Waals surface area contributed by atoms with Gasteiger partial charge in [-0.15, -0.1) is 0 Å². The average molecular weight is 235 g/mol. The molecule has 1 aliphatic carbocycles. The SMILES string of the molecule is Cc1ccc(C2(C(=O)O)CC2)c(OC(C)C)n1. The van der Waals surface area contributed by atoms with Crippen molar-refractivity contribution in [2.45, 2.75) is 45.1 Å². The van der Waals surface area contributed by atoms with Crippen molar-refractivity contribution in [1.82, 2.24) is 4.98 Å². The van der Waals surface area contributed by atoms with Crippen LogP contribution in [0.3, 0.4) is 0 Å². The van der Waals surface area contributed by atoms with Gasteiger partial charge in [0.1, 0.15) is 0 Å². The summed E-state index contributed by atoms with van der Waals surface area (Å²) in [6.07, 6.45) is 1.33. The molecule has 0 aliphatic heterocycles.